The van der Waals surface area contributed by atoms with Crippen molar-refractivity contribution in [1.29, 1.82) is 0 Å². The molecular formula is C26H24N2O2. The Kier molecular flexibility index (Phi) is 5.23. The number of aromatic nitrogens is 1. The normalized spacial score (nSPS) is 11.4. The van der Waals surface area contributed by atoms with E-state index in [9.17, 15) is 9.90 Å². The molecule has 3 aromatic carbocycles. The molecule has 150 valence electrons. The van der Waals surface area contributed by atoms with E-state index in [1.165, 1.54) is 4.57 Å². The van der Waals surface area contributed by atoms with Crippen molar-refractivity contribution >= 4 is 22.7 Å². The fourth-order valence-electron chi connectivity index (χ4n) is 3.66. The molecule has 0 saturated carbocycles. The van der Waals surface area contributed by atoms with Crippen LogP contribution in [0, 0.1) is 13.8 Å². The zero-order chi connectivity index (χ0) is 21.3. The number of hydrogen-bond acceptors (Lipinski definition) is 3. The predicted octanol–water partition coefficient (Wildman–Crippen LogP) is 5.63. The van der Waals surface area contributed by atoms with Crippen LogP contribution in [0.3, 0.4) is 0 Å². The van der Waals surface area contributed by atoms with Gasteiger partial charge in [-0.3, -0.25) is 9.79 Å². The predicted molar refractivity (Wildman–Crippen MR) is 124 cm³/mol. The average Bonchev–Trinajstić information content (AvgIpc) is 2.76. The van der Waals surface area contributed by atoms with E-state index in [4.69, 9.17) is 0 Å². The molecule has 30 heavy (non-hydrogen) atoms. The minimum absolute atomic E-state index is 0.111. The van der Waals surface area contributed by atoms with Crippen LogP contribution in [0.4, 0.5) is 5.69 Å². The molecule has 0 bridgehead atoms. The first kappa shape index (κ1) is 19.6. The highest BCUT2D eigenvalue weighted by molar-refractivity contribution is 6.02. The van der Waals surface area contributed by atoms with Gasteiger partial charge in [-0.15, -0.1) is 0 Å². The van der Waals surface area contributed by atoms with E-state index in [1.54, 1.807) is 12.3 Å². The molecule has 4 rings (SSSR count). The lowest BCUT2D eigenvalue weighted by Gasteiger charge is -2.15. The molecule has 0 aliphatic carbocycles. The third-order valence-corrected chi connectivity index (χ3v) is 5.56. The maximum atomic E-state index is 13.2. The lowest BCUT2D eigenvalue weighted by atomic mass is 10.1. The van der Waals surface area contributed by atoms with Gasteiger partial charge in [0.2, 0.25) is 5.88 Å². The summed E-state index contributed by atoms with van der Waals surface area (Å²) in [7, 11) is 0. The van der Waals surface area contributed by atoms with Crippen LogP contribution < -0.4 is 5.56 Å². The molecule has 1 N–H and O–H groups in total. The Balaban J connectivity index is 1.98. The molecule has 4 heteroatoms. The van der Waals surface area contributed by atoms with Gasteiger partial charge >= 0.3 is 0 Å². The van der Waals surface area contributed by atoms with Gasteiger partial charge in [-0.05, 0) is 61.2 Å². The Bertz CT molecular complexity index is 1330. The summed E-state index contributed by atoms with van der Waals surface area (Å²) in [6, 6.07) is 21.0. The Labute approximate surface area is 175 Å². The molecule has 0 saturated heterocycles. The lowest BCUT2D eigenvalue weighted by molar-refractivity contribution is 0.436. The van der Waals surface area contributed by atoms with Crippen LogP contribution in [0.15, 0.2) is 76.5 Å². The van der Waals surface area contributed by atoms with E-state index < -0.39 is 0 Å². The second-order valence-corrected chi connectivity index (χ2v) is 7.43. The van der Waals surface area contributed by atoms with Gasteiger partial charge in [-0.2, -0.15) is 0 Å². The van der Waals surface area contributed by atoms with Gasteiger partial charge in [0.1, 0.15) is 0 Å². The number of pyridine rings is 1. The van der Waals surface area contributed by atoms with Gasteiger partial charge in [-0.25, -0.2) is 4.57 Å². The van der Waals surface area contributed by atoms with E-state index in [2.05, 4.69) is 11.9 Å². The number of rotatable bonds is 4. The quantitative estimate of drug-likeness (QED) is 0.455. The highest BCUT2D eigenvalue weighted by atomic mass is 16.3. The zero-order valence-electron chi connectivity index (χ0n) is 17.4. The smallest absolute Gasteiger partial charge is 0.265 e. The van der Waals surface area contributed by atoms with Crippen molar-refractivity contribution in [3.05, 3.63) is 99.3 Å². The standard InChI is InChI=1S/C26H24N2O2/c1-4-19-9-5-8-12-24(19)27-16-23-21-10-6-7-11-22(21)25(29)28(26(23)30)20-14-13-17(2)18(3)15-20/h5-16,30H,4H2,1-3H3. The van der Waals surface area contributed by atoms with Gasteiger partial charge < -0.3 is 5.11 Å². The van der Waals surface area contributed by atoms with E-state index in [-0.39, 0.29) is 11.4 Å². The van der Waals surface area contributed by atoms with E-state index in [0.717, 1.165) is 28.8 Å². The number of fused-ring (bicyclic) bond motifs is 1. The molecule has 1 aromatic heterocycles. The van der Waals surface area contributed by atoms with E-state index in [0.29, 0.717) is 22.0 Å². The van der Waals surface area contributed by atoms with Crippen molar-refractivity contribution in [3.8, 4) is 11.6 Å². The van der Waals surface area contributed by atoms with Crippen LogP contribution >= 0.6 is 0 Å². The Hall–Kier alpha value is -3.66. The molecule has 0 atom stereocenters. The number of hydrogen-bond donors (Lipinski definition) is 1. The average molecular weight is 396 g/mol. The number of benzene rings is 3. The summed E-state index contributed by atoms with van der Waals surface area (Å²) >= 11 is 0. The maximum Gasteiger partial charge on any atom is 0.265 e. The molecule has 4 aromatic rings. The van der Waals surface area contributed by atoms with Crippen molar-refractivity contribution < 1.29 is 5.11 Å². The van der Waals surface area contributed by atoms with Gasteiger partial charge in [-0.1, -0.05) is 49.4 Å². The second-order valence-electron chi connectivity index (χ2n) is 7.43. The molecule has 0 unspecified atom stereocenters. The van der Waals surface area contributed by atoms with Crippen molar-refractivity contribution in [2.45, 2.75) is 27.2 Å². The van der Waals surface area contributed by atoms with Crippen LogP contribution in [-0.4, -0.2) is 15.9 Å². The topological polar surface area (TPSA) is 54.6 Å². The Morgan fingerprint density at radius 1 is 0.933 bits per heavy atom. The Morgan fingerprint density at radius 3 is 2.37 bits per heavy atom. The largest absolute Gasteiger partial charge is 0.494 e. The van der Waals surface area contributed by atoms with Crippen LogP contribution in [0.5, 0.6) is 5.88 Å². The minimum Gasteiger partial charge on any atom is -0.494 e. The monoisotopic (exact) mass is 396 g/mol. The van der Waals surface area contributed by atoms with Gasteiger partial charge in [0.15, 0.2) is 0 Å². The molecule has 0 aliphatic rings. The number of para-hydroxylation sites is 1. The van der Waals surface area contributed by atoms with Crippen LogP contribution in [0.25, 0.3) is 16.5 Å². The first-order valence-corrected chi connectivity index (χ1v) is 10.1. The van der Waals surface area contributed by atoms with Crippen molar-refractivity contribution in [2.24, 2.45) is 4.99 Å². The number of aromatic hydroxyl groups is 1. The third kappa shape index (κ3) is 3.41. The maximum absolute atomic E-state index is 13.2. The molecule has 0 spiro atoms. The highest BCUT2D eigenvalue weighted by Gasteiger charge is 2.16. The third-order valence-electron chi connectivity index (χ3n) is 5.56. The van der Waals surface area contributed by atoms with Gasteiger partial charge in [0, 0.05) is 17.0 Å². The molecule has 1 heterocycles. The van der Waals surface area contributed by atoms with Crippen LogP contribution in [0.1, 0.15) is 29.2 Å². The summed E-state index contributed by atoms with van der Waals surface area (Å²) in [5, 5.41) is 12.4. The first-order chi connectivity index (χ1) is 14.5. The SMILES string of the molecule is CCc1ccccc1N=Cc1c(O)n(-c2ccc(C)c(C)c2)c(=O)c2ccccc12. The minimum atomic E-state index is -0.252. The fourth-order valence-corrected chi connectivity index (χ4v) is 3.66. The molecule has 0 aliphatic heterocycles. The summed E-state index contributed by atoms with van der Waals surface area (Å²) < 4.78 is 1.36. The molecule has 0 amide bonds. The summed E-state index contributed by atoms with van der Waals surface area (Å²) in [6.07, 6.45) is 2.52. The van der Waals surface area contributed by atoms with Gasteiger partial charge in [0.05, 0.1) is 16.9 Å². The zero-order valence-corrected chi connectivity index (χ0v) is 17.4. The van der Waals surface area contributed by atoms with Gasteiger partial charge in [0.25, 0.3) is 5.56 Å². The lowest BCUT2D eigenvalue weighted by Crippen LogP contribution is -2.20. The highest BCUT2D eigenvalue weighted by Crippen LogP contribution is 2.28. The van der Waals surface area contributed by atoms with Crippen LogP contribution in [0.2, 0.25) is 0 Å². The fraction of sp³-hybridized carbons (Fsp3) is 0.154. The first-order valence-electron chi connectivity index (χ1n) is 10.1. The summed E-state index contributed by atoms with van der Waals surface area (Å²) in [5.41, 5.74) is 5.07. The molecule has 0 radical (unpaired) electrons. The number of aryl methyl sites for hydroxylation is 3. The van der Waals surface area contributed by atoms with Crippen molar-refractivity contribution in [1.82, 2.24) is 4.57 Å². The summed E-state index contributed by atoms with van der Waals surface area (Å²) in [4.78, 5) is 17.9. The van der Waals surface area contributed by atoms with E-state index in [1.807, 2.05) is 74.5 Å². The van der Waals surface area contributed by atoms with Crippen LogP contribution in [-0.2, 0) is 6.42 Å². The number of aliphatic imine (C=N–C) groups is 1. The van der Waals surface area contributed by atoms with E-state index >= 15 is 0 Å². The molecule has 0 fully saturated rings. The van der Waals surface area contributed by atoms with Crippen molar-refractivity contribution in [2.75, 3.05) is 0 Å². The summed E-state index contributed by atoms with van der Waals surface area (Å²) in [5.74, 6) is -0.111. The van der Waals surface area contributed by atoms with Crippen molar-refractivity contribution in [3.63, 3.8) is 0 Å². The number of nitrogens with zero attached hydrogens (tertiary/aromatic N) is 2. The molecular weight excluding hydrogens is 372 g/mol. The summed E-state index contributed by atoms with van der Waals surface area (Å²) in [6.45, 7) is 6.10. The second kappa shape index (κ2) is 7.99. The Morgan fingerprint density at radius 2 is 1.63 bits per heavy atom. The molecule has 4 nitrogen and oxygen atoms in total.